The van der Waals surface area contributed by atoms with Gasteiger partial charge in [0.05, 0.1) is 12.6 Å². The molecule has 8 heteroatoms. The number of aromatic nitrogens is 2. The standard InChI is InChI=1S/C34H44N6O2/c1-24(28-12-7-10-26-9-5-6-11-29(26)28)39-33(42)30(13-8-18-35-23-34(2,3)4)40-32(41)27-16-14-25(15-17-27)21-36-22-31-37-19-20-38-31/h5-7,9-12,14-17,19-20,24,30,35-36H,8,13,18,21-23H2,1-4H3,(H,37,38)(H,39,42)(H,40,41)/t24?,30-/m0/s1. The van der Waals surface area contributed by atoms with Crippen LogP contribution in [0.5, 0.6) is 0 Å². The Hall–Kier alpha value is -4.01. The van der Waals surface area contributed by atoms with Crippen LogP contribution in [0, 0.1) is 5.41 Å². The summed E-state index contributed by atoms with van der Waals surface area (Å²) in [6.45, 7) is 11.5. The van der Waals surface area contributed by atoms with E-state index in [9.17, 15) is 9.59 Å². The van der Waals surface area contributed by atoms with Crippen molar-refractivity contribution in [3.63, 3.8) is 0 Å². The second-order valence-electron chi connectivity index (χ2n) is 12.0. The molecule has 2 atom stereocenters. The van der Waals surface area contributed by atoms with E-state index < -0.39 is 6.04 Å². The fourth-order valence-corrected chi connectivity index (χ4v) is 4.92. The number of carbonyl (C=O) groups is 2. The van der Waals surface area contributed by atoms with E-state index in [1.54, 1.807) is 24.5 Å². The molecule has 8 nitrogen and oxygen atoms in total. The SMILES string of the molecule is CC(NC(=O)[C@H](CCCNCC(C)(C)C)NC(=O)c1ccc(CNCc2ncc[nH]2)cc1)c1cccc2ccccc12. The number of hydrogen-bond donors (Lipinski definition) is 5. The molecule has 222 valence electrons. The van der Waals surface area contributed by atoms with E-state index in [-0.39, 0.29) is 23.3 Å². The molecule has 0 spiro atoms. The summed E-state index contributed by atoms with van der Waals surface area (Å²) in [5, 5.41) is 15.2. The fraction of sp³-hybridized carbons (Fsp3) is 0.382. The monoisotopic (exact) mass is 568 g/mol. The van der Waals surface area contributed by atoms with Crippen molar-refractivity contribution in [2.45, 2.75) is 65.7 Å². The van der Waals surface area contributed by atoms with E-state index in [0.29, 0.717) is 25.1 Å². The van der Waals surface area contributed by atoms with Crippen LogP contribution in [0.15, 0.2) is 79.1 Å². The highest BCUT2D eigenvalue weighted by Gasteiger charge is 2.23. The smallest absolute Gasteiger partial charge is 0.251 e. The summed E-state index contributed by atoms with van der Waals surface area (Å²) in [5.74, 6) is 0.433. The minimum Gasteiger partial charge on any atom is -0.348 e. The molecule has 0 radical (unpaired) electrons. The number of amides is 2. The molecule has 0 saturated carbocycles. The fourth-order valence-electron chi connectivity index (χ4n) is 4.92. The normalized spacial score (nSPS) is 13.0. The average molecular weight is 569 g/mol. The van der Waals surface area contributed by atoms with Crippen molar-refractivity contribution in [2.75, 3.05) is 13.1 Å². The van der Waals surface area contributed by atoms with Gasteiger partial charge in [-0.25, -0.2) is 4.98 Å². The third kappa shape index (κ3) is 9.26. The van der Waals surface area contributed by atoms with Gasteiger partial charge in [-0.2, -0.15) is 0 Å². The van der Waals surface area contributed by atoms with Gasteiger partial charge in [-0.15, -0.1) is 0 Å². The Kier molecular flexibility index (Phi) is 10.9. The Labute approximate surface area is 249 Å². The Bertz CT molecular complexity index is 1420. The second kappa shape index (κ2) is 14.8. The van der Waals surface area contributed by atoms with Crippen molar-refractivity contribution in [3.05, 3.63) is 102 Å². The summed E-state index contributed by atoms with van der Waals surface area (Å²) < 4.78 is 0. The Morgan fingerprint density at radius 2 is 1.67 bits per heavy atom. The van der Waals surface area contributed by atoms with Gasteiger partial charge in [-0.1, -0.05) is 75.4 Å². The molecule has 1 heterocycles. The molecular weight excluding hydrogens is 524 g/mol. The molecule has 1 unspecified atom stereocenters. The second-order valence-corrected chi connectivity index (χ2v) is 12.0. The number of rotatable bonds is 14. The molecule has 0 aliphatic carbocycles. The van der Waals surface area contributed by atoms with Crippen LogP contribution in [-0.2, 0) is 17.9 Å². The van der Waals surface area contributed by atoms with Crippen molar-refractivity contribution in [2.24, 2.45) is 5.41 Å². The number of nitrogens with one attached hydrogen (secondary N) is 5. The number of H-pyrrole nitrogens is 1. The Morgan fingerprint density at radius 1 is 0.905 bits per heavy atom. The zero-order valence-electron chi connectivity index (χ0n) is 25.2. The van der Waals surface area contributed by atoms with E-state index in [0.717, 1.165) is 47.2 Å². The van der Waals surface area contributed by atoms with Crippen molar-refractivity contribution >= 4 is 22.6 Å². The first-order chi connectivity index (χ1) is 20.2. The third-order valence-electron chi connectivity index (χ3n) is 7.16. The topological polar surface area (TPSA) is 111 Å². The number of fused-ring (bicyclic) bond motifs is 1. The molecule has 2 amide bonds. The summed E-state index contributed by atoms with van der Waals surface area (Å²) >= 11 is 0. The van der Waals surface area contributed by atoms with E-state index in [4.69, 9.17) is 0 Å². The molecule has 0 aliphatic heterocycles. The summed E-state index contributed by atoms with van der Waals surface area (Å²) in [5.41, 5.74) is 2.81. The third-order valence-corrected chi connectivity index (χ3v) is 7.16. The van der Waals surface area contributed by atoms with Crippen LogP contribution in [0.25, 0.3) is 10.8 Å². The van der Waals surface area contributed by atoms with Crippen LogP contribution < -0.4 is 21.3 Å². The van der Waals surface area contributed by atoms with Gasteiger partial charge in [0, 0.05) is 24.5 Å². The number of carbonyl (C=O) groups excluding carboxylic acids is 2. The quantitative estimate of drug-likeness (QED) is 0.134. The van der Waals surface area contributed by atoms with Gasteiger partial charge in [0.2, 0.25) is 5.91 Å². The molecule has 1 aromatic heterocycles. The molecular formula is C34H44N6O2. The number of nitrogens with zero attached hydrogens (tertiary/aromatic N) is 1. The highest BCUT2D eigenvalue weighted by molar-refractivity contribution is 5.97. The molecule has 3 aromatic carbocycles. The first-order valence-corrected chi connectivity index (χ1v) is 14.8. The van der Waals surface area contributed by atoms with E-state index in [1.807, 2.05) is 43.3 Å². The van der Waals surface area contributed by atoms with Gasteiger partial charge in [0.15, 0.2) is 0 Å². The van der Waals surface area contributed by atoms with E-state index in [2.05, 4.69) is 70.2 Å². The Morgan fingerprint density at radius 3 is 2.40 bits per heavy atom. The lowest BCUT2D eigenvalue weighted by Crippen LogP contribution is -2.47. The maximum atomic E-state index is 13.6. The molecule has 4 rings (SSSR count). The molecule has 5 N–H and O–H groups in total. The number of aromatic amines is 1. The number of imidazole rings is 1. The summed E-state index contributed by atoms with van der Waals surface area (Å²) in [6.07, 6.45) is 4.82. The Balaban J connectivity index is 1.38. The minimum absolute atomic E-state index is 0.180. The largest absolute Gasteiger partial charge is 0.348 e. The maximum absolute atomic E-state index is 13.6. The summed E-state index contributed by atoms with van der Waals surface area (Å²) in [7, 11) is 0. The van der Waals surface area contributed by atoms with Gasteiger partial charge < -0.3 is 26.3 Å². The molecule has 0 aliphatic rings. The van der Waals surface area contributed by atoms with Gasteiger partial charge >= 0.3 is 0 Å². The number of hydrogen-bond acceptors (Lipinski definition) is 5. The lowest BCUT2D eigenvalue weighted by Gasteiger charge is -2.23. The van der Waals surface area contributed by atoms with Gasteiger partial charge in [-0.05, 0) is 72.3 Å². The summed E-state index contributed by atoms with van der Waals surface area (Å²) in [4.78, 5) is 34.1. The van der Waals surface area contributed by atoms with Crippen LogP contribution in [0.4, 0.5) is 0 Å². The van der Waals surface area contributed by atoms with Crippen LogP contribution in [-0.4, -0.2) is 40.9 Å². The summed E-state index contributed by atoms with van der Waals surface area (Å²) in [6, 6.07) is 20.9. The molecule has 0 saturated heterocycles. The first kappa shape index (κ1) is 30.9. The van der Waals surface area contributed by atoms with Gasteiger partial charge in [0.25, 0.3) is 5.91 Å². The van der Waals surface area contributed by atoms with Gasteiger partial charge in [0.1, 0.15) is 11.9 Å². The van der Waals surface area contributed by atoms with Crippen LogP contribution in [0.3, 0.4) is 0 Å². The number of benzene rings is 3. The first-order valence-electron chi connectivity index (χ1n) is 14.8. The molecule has 4 aromatic rings. The van der Waals surface area contributed by atoms with E-state index >= 15 is 0 Å². The van der Waals surface area contributed by atoms with Crippen LogP contribution in [0.2, 0.25) is 0 Å². The van der Waals surface area contributed by atoms with Crippen molar-refractivity contribution in [1.29, 1.82) is 0 Å². The molecule has 42 heavy (non-hydrogen) atoms. The molecule has 0 fully saturated rings. The molecule has 0 bridgehead atoms. The van der Waals surface area contributed by atoms with E-state index in [1.165, 1.54) is 0 Å². The highest BCUT2D eigenvalue weighted by atomic mass is 16.2. The van der Waals surface area contributed by atoms with Gasteiger partial charge in [-0.3, -0.25) is 9.59 Å². The average Bonchev–Trinajstić information content (AvgIpc) is 3.49. The highest BCUT2D eigenvalue weighted by Crippen LogP contribution is 2.24. The zero-order valence-corrected chi connectivity index (χ0v) is 25.2. The van der Waals surface area contributed by atoms with Crippen molar-refractivity contribution in [3.8, 4) is 0 Å². The van der Waals surface area contributed by atoms with Crippen molar-refractivity contribution in [1.82, 2.24) is 31.2 Å². The van der Waals surface area contributed by atoms with Crippen LogP contribution in [0.1, 0.15) is 73.9 Å². The lowest BCUT2D eigenvalue weighted by molar-refractivity contribution is -0.123. The maximum Gasteiger partial charge on any atom is 0.251 e. The zero-order chi connectivity index (χ0) is 30.0. The predicted molar refractivity (Wildman–Crippen MR) is 169 cm³/mol. The lowest BCUT2D eigenvalue weighted by atomic mass is 9.97. The van der Waals surface area contributed by atoms with Crippen LogP contribution >= 0.6 is 0 Å². The predicted octanol–water partition coefficient (Wildman–Crippen LogP) is 5.24. The minimum atomic E-state index is -0.652. The van der Waals surface area contributed by atoms with Crippen molar-refractivity contribution < 1.29 is 9.59 Å².